The van der Waals surface area contributed by atoms with E-state index in [4.69, 9.17) is 16.3 Å². The van der Waals surface area contributed by atoms with Crippen molar-refractivity contribution >= 4 is 29.2 Å². The van der Waals surface area contributed by atoms with E-state index in [-0.39, 0.29) is 0 Å². The summed E-state index contributed by atoms with van der Waals surface area (Å²) < 4.78 is 6.63. The minimum Gasteiger partial charge on any atom is -0.452 e. The molecule has 0 bridgehead atoms. The molecule has 1 N–H and O–H groups in total. The minimum atomic E-state index is -0.547. The lowest BCUT2D eigenvalue weighted by Gasteiger charge is -2.12. The van der Waals surface area contributed by atoms with E-state index in [9.17, 15) is 9.59 Å². The van der Waals surface area contributed by atoms with Crippen LogP contribution in [-0.2, 0) is 9.53 Å². The second-order valence-corrected chi connectivity index (χ2v) is 6.31. The minimum absolute atomic E-state index is 0.421. The molecule has 0 spiro atoms. The van der Waals surface area contributed by atoms with Gasteiger partial charge in [-0.25, -0.2) is 14.5 Å². The topological polar surface area (TPSA) is 86.1 Å². The summed E-state index contributed by atoms with van der Waals surface area (Å²) in [5.41, 5.74) is 3.26. The van der Waals surface area contributed by atoms with Crippen LogP contribution in [0.4, 0.5) is 5.69 Å². The van der Waals surface area contributed by atoms with E-state index in [1.807, 2.05) is 19.9 Å². The molecule has 0 saturated carbocycles. The van der Waals surface area contributed by atoms with E-state index in [0.717, 1.165) is 11.1 Å². The standard InChI is InChI=1S/C19H17ClN4O3/c1-12-4-3-5-15(13(12)2)19(26)27-9-18(25)23-16-8-14(20)6-7-17(16)24-11-21-10-22-24/h3-8,10-11H,9H2,1-2H3,(H,23,25). The van der Waals surface area contributed by atoms with Crippen molar-refractivity contribution in [3.63, 3.8) is 0 Å². The zero-order valence-electron chi connectivity index (χ0n) is 14.8. The van der Waals surface area contributed by atoms with E-state index in [0.29, 0.717) is 22.0 Å². The average molecular weight is 385 g/mol. The Hall–Kier alpha value is -3.19. The van der Waals surface area contributed by atoms with Crippen molar-refractivity contribution in [2.45, 2.75) is 13.8 Å². The zero-order chi connectivity index (χ0) is 19.4. The summed E-state index contributed by atoms with van der Waals surface area (Å²) in [7, 11) is 0. The fourth-order valence-corrected chi connectivity index (χ4v) is 2.68. The van der Waals surface area contributed by atoms with Gasteiger partial charge in [0.1, 0.15) is 12.7 Å². The number of ether oxygens (including phenoxy) is 1. The molecular formula is C19H17ClN4O3. The number of nitrogens with one attached hydrogen (secondary N) is 1. The third kappa shape index (κ3) is 4.32. The lowest BCUT2D eigenvalue weighted by Crippen LogP contribution is -2.22. The van der Waals surface area contributed by atoms with E-state index in [2.05, 4.69) is 15.4 Å². The summed E-state index contributed by atoms with van der Waals surface area (Å²) in [5, 5.41) is 7.17. The highest BCUT2D eigenvalue weighted by molar-refractivity contribution is 6.31. The normalized spacial score (nSPS) is 10.5. The Bertz CT molecular complexity index is 987. The van der Waals surface area contributed by atoms with Crippen LogP contribution in [0.15, 0.2) is 49.1 Å². The number of anilines is 1. The number of rotatable bonds is 5. The first-order chi connectivity index (χ1) is 13.0. The van der Waals surface area contributed by atoms with Crippen molar-refractivity contribution in [2.75, 3.05) is 11.9 Å². The second kappa shape index (κ2) is 8.01. The second-order valence-electron chi connectivity index (χ2n) is 5.87. The van der Waals surface area contributed by atoms with Gasteiger partial charge < -0.3 is 10.1 Å². The Morgan fingerprint density at radius 1 is 1.22 bits per heavy atom. The van der Waals surface area contributed by atoms with Crippen LogP contribution < -0.4 is 5.32 Å². The van der Waals surface area contributed by atoms with Gasteiger partial charge in [-0.15, -0.1) is 0 Å². The first-order valence-corrected chi connectivity index (χ1v) is 8.51. The molecule has 0 unspecified atom stereocenters. The molecular weight excluding hydrogens is 368 g/mol. The molecule has 1 aromatic heterocycles. The van der Waals surface area contributed by atoms with E-state index >= 15 is 0 Å². The number of hydrogen-bond acceptors (Lipinski definition) is 5. The Labute approximate surface area is 160 Å². The van der Waals surface area contributed by atoms with Gasteiger partial charge >= 0.3 is 5.97 Å². The molecule has 27 heavy (non-hydrogen) atoms. The zero-order valence-corrected chi connectivity index (χ0v) is 15.5. The molecule has 2 aromatic carbocycles. The highest BCUT2D eigenvalue weighted by Gasteiger charge is 2.15. The Morgan fingerprint density at radius 2 is 2.04 bits per heavy atom. The van der Waals surface area contributed by atoms with Crippen molar-refractivity contribution in [3.05, 3.63) is 70.8 Å². The maximum Gasteiger partial charge on any atom is 0.338 e. The predicted octanol–water partition coefficient (Wildman–Crippen LogP) is 3.33. The van der Waals surface area contributed by atoms with Crippen molar-refractivity contribution in [2.24, 2.45) is 0 Å². The number of amides is 1. The van der Waals surface area contributed by atoms with Crippen LogP contribution in [0, 0.1) is 13.8 Å². The Morgan fingerprint density at radius 3 is 2.78 bits per heavy atom. The van der Waals surface area contributed by atoms with Crippen molar-refractivity contribution in [1.82, 2.24) is 14.8 Å². The molecule has 1 amide bonds. The molecule has 0 saturated heterocycles. The molecule has 0 aliphatic carbocycles. The fourth-order valence-electron chi connectivity index (χ4n) is 2.51. The summed E-state index contributed by atoms with van der Waals surface area (Å²) in [4.78, 5) is 28.4. The smallest absolute Gasteiger partial charge is 0.338 e. The van der Waals surface area contributed by atoms with Crippen LogP contribution in [0.25, 0.3) is 5.69 Å². The van der Waals surface area contributed by atoms with Crippen LogP contribution in [-0.4, -0.2) is 33.2 Å². The summed E-state index contributed by atoms with van der Waals surface area (Å²) in [6.07, 6.45) is 2.88. The molecule has 0 atom stereocenters. The lowest BCUT2D eigenvalue weighted by molar-refractivity contribution is -0.119. The molecule has 1 heterocycles. The van der Waals surface area contributed by atoms with E-state index < -0.39 is 18.5 Å². The average Bonchev–Trinajstić information content (AvgIpc) is 3.16. The summed E-state index contributed by atoms with van der Waals surface area (Å²) >= 11 is 6.02. The van der Waals surface area contributed by atoms with Crippen molar-refractivity contribution in [1.29, 1.82) is 0 Å². The third-order valence-corrected chi connectivity index (χ3v) is 4.29. The summed E-state index contributed by atoms with van der Waals surface area (Å²) in [6.45, 7) is 3.32. The van der Waals surface area contributed by atoms with Gasteiger partial charge in [-0.1, -0.05) is 23.7 Å². The number of esters is 1. The lowest BCUT2D eigenvalue weighted by atomic mass is 10.0. The van der Waals surface area contributed by atoms with Crippen LogP contribution in [0.1, 0.15) is 21.5 Å². The van der Waals surface area contributed by atoms with Gasteiger partial charge in [0.25, 0.3) is 5.91 Å². The first-order valence-electron chi connectivity index (χ1n) is 8.13. The number of nitrogens with zero attached hydrogens (tertiary/aromatic N) is 3. The summed E-state index contributed by atoms with van der Waals surface area (Å²) in [5.74, 6) is -1.04. The number of aromatic nitrogens is 3. The van der Waals surface area contributed by atoms with Gasteiger partial charge in [-0.05, 0) is 49.2 Å². The maximum atomic E-state index is 12.3. The number of aryl methyl sites for hydroxylation is 1. The third-order valence-electron chi connectivity index (χ3n) is 4.06. The Kier molecular flexibility index (Phi) is 5.52. The summed E-state index contributed by atoms with van der Waals surface area (Å²) in [6, 6.07) is 10.3. The number of carbonyl (C=O) groups is 2. The quantitative estimate of drug-likeness (QED) is 0.682. The largest absolute Gasteiger partial charge is 0.452 e. The molecule has 0 fully saturated rings. The molecule has 0 aliphatic heterocycles. The van der Waals surface area contributed by atoms with Crippen molar-refractivity contribution < 1.29 is 14.3 Å². The number of hydrogen-bond donors (Lipinski definition) is 1. The first kappa shape index (κ1) is 18.6. The monoisotopic (exact) mass is 384 g/mol. The SMILES string of the molecule is Cc1cccc(C(=O)OCC(=O)Nc2cc(Cl)ccc2-n2cncn2)c1C. The van der Waals surface area contributed by atoms with Crippen molar-refractivity contribution in [3.8, 4) is 5.69 Å². The van der Waals surface area contributed by atoms with Gasteiger partial charge in [0.05, 0.1) is 16.9 Å². The van der Waals surface area contributed by atoms with Crippen LogP contribution in [0.5, 0.6) is 0 Å². The number of halogens is 1. The van der Waals surface area contributed by atoms with Gasteiger partial charge in [-0.2, -0.15) is 5.10 Å². The van der Waals surface area contributed by atoms with Crippen LogP contribution >= 0.6 is 11.6 Å². The van der Waals surface area contributed by atoms with E-state index in [1.165, 1.54) is 17.3 Å². The van der Waals surface area contributed by atoms with Crippen LogP contribution in [0.2, 0.25) is 5.02 Å². The highest BCUT2D eigenvalue weighted by atomic mass is 35.5. The van der Waals surface area contributed by atoms with E-state index in [1.54, 1.807) is 30.3 Å². The van der Waals surface area contributed by atoms with Gasteiger partial charge in [0, 0.05) is 5.02 Å². The number of benzene rings is 2. The van der Waals surface area contributed by atoms with Crippen LogP contribution in [0.3, 0.4) is 0 Å². The van der Waals surface area contributed by atoms with Gasteiger partial charge in [0.15, 0.2) is 6.61 Å². The Balaban J connectivity index is 1.69. The molecule has 0 radical (unpaired) electrons. The molecule has 3 rings (SSSR count). The maximum absolute atomic E-state index is 12.3. The predicted molar refractivity (Wildman–Crippen MR) is 101 cm³/mol. The van der Waals surface area contributed by atoms with Gasteiger partial charge in [0.2, 0.25) is 0 Å². The highest BCUT2D eigenvalue weighted by Crippen LogP contribution is 2.24. The van der Waals surface area contributed by atoms with Gasteiger partial charge in [-0.3, -0.25) is 4.79 Å². The molecule has 8 heteroatoms. The molecule has 3 aromatic rings. The molecule has 7 nitrogen and oxygen atoms in total. The fraction of sp³-hybridized carbons (Fsp3) is 0.158. The molecule has 138 valence electrons. The number of carbonyl (C=O) groups excluding carboxylic acids is 2. The molecule has 0 aliphatic rings.